The number of amides is 1. The topological polar surface area (TPSA) is 82.5 Å². The zero-order valence-electron chi connectivity index (χ0n) is 13.4. The Hall–Kier alpha value is -2.35. The number of ether oxygens (including phenoxy) is 2. The highest BCUT2D eigenvalue weighted by molar-refractivity contribution is 9.10. The molecule has 126 valence electrons. The first kappa shape index (κ1) is 16.5. The van der Waals surface area contributed by atoms with Gasteiger partial charge < -0.3 is 14.8 Å². The SMILES string of the molecule is CC(=O)c1cc2c(cc1NC(=O)[C@@H](C)n1ncc(Br)c1C)OCO2. The van der Waals surface area contributed by atoms with Crippen LogP contribution >= 0.6 is 15.9 Å². The maximum Gasteiger partial charge on any atom is 0.248 e. The quantitative estimate of drug-likeness (QED) is 0.806. The van der Waals surface area contributed by atoms with E-state index in [4.69, 9.17) is 9.47 Å². The third kappa shape index (κ3) is 2.89. The van der Waals surface area contributed by atoms with Crippen LogP contribution < -0.4 is 14.8 Å². The minimum absolute atomic E-state index is 0.0982. The van der Waals surface area contributed by atoms with Crippen LogP contribution in [0, 0.1) is 6.92 Å². The summed E-state index contributed by atoms with van der Waals surface area (Å²) < 4.78 is 13.0. The predicted molar refractivity (Wildman–Crippen MR) is 90.6 cm³/mol. The molecule has 1 aromatic carbocycles. The highest BCUT2D eigenvalue weighted by Crippen LogP contribution is 2.37. The van der Waals surface area contributed by atoms with Crippen LogP contribution in [0.3, 0.4) is 0 Å². The first-order valence-corrected chi connectivity index (χ1v) is 8.13. The monoisotopic (exact) mass is 393 g/mol. The number of nitrogens with zero attached hydrogens (tertiary/aromatic N) is 2. The molecule has 0 saturated carbocycles. The van der Waals surface area contributed by atoms with Gasteiger partial charge >= 0.3 is 0 Å². The Morgan fingerprint density at radius 3 is 2.58 bits per heavy atom. The van der Waals surface area contributed by atoms with Crippen molar-refractivity contribution in [2.24, 2.45) is 0 Å². The molecule has 1 aromatic heterocycles. The molecule has 7 nitrogen and oxygen atoms in total. The van der Waals surface area contributed by atoms with E-state index >= 15 is 0 Å². The lowest BCUT2D eigenvalue weighted by atomic mass is 10.1. The summed E-state index contributed by atoms with van der Waals surface area (Å²) in [5, 5.41) is 6.98. The van der Waals surface area contributed by atoms with E-state index in [0.29, 0.717) is 22.7 Å². The number of ketones is 1. The zero-order chi connectivity index (χ0) is 17.4. The van der Waals surface area contributed by atoms with Gasteiger partial charge in [-0.2, -0.15) is 5.10 Å². The van der Waals surface area contributed by atoms with Crippen molar-refractivity contribution in [1.82, 2.24) is 9.78 Å². The van der Waals surface area contributed by atoms with Crippen LogP contribution in [0.2, 0.25) is 0 Å². The molecule has 1 atom stereocenters. The van der Waals surface area contributed by atoms with Crippen molar-refractivity contribution in [1.29, 1.82) is 0 Å². The number of Topliss-reactive ketones (excluding diaryl/α,β-unsaturated/α-hetero) is 1. The lowest BCUT2D eigenvalue weighted by molar-refractivity contribution is -0.119. The van der Waals surface area contributed by atoms with Crippen LogP contribution in [-0.2, 0) is 4.79 Å². The Balaban J connectivity index is 1.89. The van der Waals surface area contributed by atoms with E-state index in [0.717, 1.165) is 10.2 Å². The normalized spacial score (nSPS) is 13.7. The fraction of sp³-hybridized carbons (Fsp3) is 0.312. The van der Waals surface area contributed by atoms with E-state index < -0.39 is 6.04 Å². The van der Waals surface area contributed by atoms with E-state index in [9.17, 15) is 9.59 Å². The van der Waals surface area contributed by atoms with E-state index in [2.05, 4.69) is 26.3 Å². The smallest absolute Gasteiger partial charge is 0.248 e. The Morgan fingerprint density at radius 1 is 1.33 bits per heavy atom. The molecule has 0 bridgehead atoms. The third-order valence-corrected chi connectivity index (χ3v) is 4.66. The van der Waals surface area contributed by atoms with Gasteiger partial charge in [0.25, 0.3) is 0 Å². The van der Waals surface area contributed by atoms with Gasteiger partial charge in [-0.1, -0.05) is 0 Å². The lowest BCUT2D eigenvalue weighted by Gasteiger charge is -2.16. The van der Waals surface area contributed by atoms with E-state index in [-0.39, 0.29) is 18.5 Å². The van der Waals surface area contributed by atoms with Crippen LogP contribution in [0.1, 0.15) is 35.9 Å². The molecule has 0 unspecified atom stereocenters. The molecule has 2 heterocycles. The van der Waals surface area contributed by atoms with Gasteiger partial charge in [0.15, 0.2) is 17.3 Å². The second-order valence-electron chi connectivity index (χ2n) is 5.49. The van der Waals surface area contributed by atoms with Gasteiger partial charge in [0.05, 0.1) is 22.1 Å². The van der Waals surface area contributed by atoms with Crippen molar-refractivity contribution in [3.8, 4) is 11.5 Å². The van der Waals surface area contributed by atoms with Crippen LogP contribution in [0.5, 0.6) is 11.5 Å². The van der Waals surface area contributed by atoms with Gasteiger partial charge in [-0.05, 0) is 42.8 Å². The number of halogens is 1. The summed E-state index contributed by atoms with van der Waals surface area (Å²) in [6.45, 7) is 5.14. The molecule has 1 amide bonds. The minimum atomic E-state index is -0.540. The number of fused-ring (bicyclic) bond motifs is 1. The number of hydrogen-bond donors (Lipinski definition) is 1. The number of anilines is 1. The summed E-state index contributed by atoms with van der Waals surface area (Å²) in [5.74, 6) is 0.545. The fourth-order valence-corrected chi connectivity index (χ4v) is 2.75. The van der Waals surface area contributed by atoms with Crippen LogP contribution in [0.25, 0.3) is 0 Å². The van der Waals surface area contributed by atoms with Gasteiger partial charge in [-0.25, -0.2) is 0 Å². The second kappa shape index (κ2) is 6.27. The van der Waals surface area contributed by atoms with Crippen molar-refractivity contribution in [3.05, 3.63) is 34.1 Å². The molecule has 24 heavy (non-hydrogen) atoms. The Labute approximate surface area is 147 Å². The Bertz CT molecular complexity index is 831. The lowest BCUT2D eigenvalue weighted by Crippen LogP contribution is -2.26. The average molecular weight is 394 g/mol. The average Bonchev–Trinajstić information content (AvgIpc) is 3.12. The molecule has 0 spiro atoms. The van der Waals surface area contributed by atoms with E-state index in [1.807, 2.05) is 6.92 Å². The van der Waals surface area contributed by atoms with Gasteiger partial charge in [0.1, 0.15) is 6.04 Å². The summed E-state index contributed by atoms with van der Waals surface area (Å²) in [6.07, 6.45) is 1.64. The zero-order valence-corrected chi connectivity index (χ0v) is 15.0. The summed E-state index contributed by atoms with van der Waals surface area (Å²) in [6, 6.07) is 2.65. The molecule has 1 N–H and O–H groups in total. The Morgan fingerprint density at radius 2 is 2.00 bits per heavy atom. The first-order valence-electron chi connectivity index (χ1n) is 7.33. The van der Waals surface area contributed by atoms with Crippen molar-refractivity contribution < 1.29 is 19.1 Å². The Kier molecular flexibility index (Phi) is 4.31. The summed E-state index contributed by atoms with van der Waals surface area (Å²) in [4.78, 5) is 24.5. The summed E-state index contributed by atoms with van der Waals surface area (Å²) >= 11 is 3.37. The highest BCUT2D eigenvalue weighted by Gasteiger charge is 2.23. The van der Waals surface area contributed by atoms with Crippen molar-refractivity contribution >= 4 is 33.3 Å². The molecular weight excluding hydrogens is 378 g/mol. The summed E-state index contributed by atoms with van der Waals surface area (Å²) in [7, 11) is 0. The molecule has 0 radical (unpaired) electrons. The first-order chi connectivity index (χ1) is 11.4. The van der Waals surface area contributed by atoms with Crippen molar-refractivity contribution in [2.45, 2.75) is 26.8 Å². The third-order valence-electron chi connectivity index (χ3n) is 3.88. The standard InChI is InChI=1S/C16H16BrN3O4/c1-8-12(17)6-18-20(8)9(2)16(22)19-13-5-15-14(23-7-24-15)4-11(13)10(3)21/h4-6,9H,7H2,1-3H3,(H,19,22)/t9-/m1/s1. The number of benzene rings is 1. The van der Waals surface area contributed by atoms with E-state index in [1.54, 1.807) is 29.9 Å². The number of carbonyl (C=O) groups excluding carboxylic acids is 2. The number of nitrogens with one attached hydrogen (secondary N) is 1. The summed E-state index contributed by atoms with van der Waals surface area (Å²) in [5.41, 5.74) is 1.61. The predicted octanol–water partition coefficient (Wildman–Crippen LogP) is 3.09. The molecule has 1 aliphatic rings. The maximum atomic E-state index is 12.6. The van der Waals surface area contributed by atoms with Gasteiger partial charge in [0.2, 0.25) is 12.7 Å². The van der Waals surface area contributed by atoms with Gasteiger partial charge in [0, 0.05) is 11.6 Å². The maximum absolute atomic E-state index is 12.6. The molecule has 8 heteroatoms. The van der Waals surface area contributed by atoms with Gasteiger partial charge in [-0.15, -0.1) is 0 Å². The molecule has 0 saturated heterocycles. The molecule has 3 rings (SSSR count). The number of hydrogen-bond acceptors (Lipinski definition) is 5. The van der Waals surface area contributed by atoms with Crippen molar-refractivity contribution in [3.63, 3.8) is 0 Å². The molecule has 0 fully saturated rings. The highest BCUT2D eigenvalue weighted by atomic mass is 79.9. The molecule has 2 aromatic rings. The van der Waals surface area contributed by atoms with Crippen LogP contribution in [-0.4, -0.2) is 28.3 Å². The van der Waals surface area contributed by atoms with Crippen LogP contribution in [0.15, 0.2) is 22.8 Å². The molecule has 0 aliphatic carbocycles. The van der Waals surface area contributed by atoms with Crippen LogP contribution in [0.4, 0.5) is 5.69 Å². The van der Waals surface area contributed by atoms with E-state index in [1.165, 1.54) is 6.92 Å². The number of carbonyl (C=O) groups is 2. The number of aromatic nitrogens is 2. The number of rotatable bonds is 4. The molecular formula is C16H16BrN3O4. The molecule has 1 aliphatic heterocycles. The fourth-order valence-electron chi connectivity index (χ4n) is 2.48. The van der Waals surface area contributed by atoms with Crippen molar-refractivity contribution in [2.75, 3.05) is 12.1 Å². The minimum Gasteiger partial charge on any atom is -0.454 e. The largest absolute Gasteiger partial charge is 0.454 e. The second-order valence-corrected chi connectivity index (χ2v) is 6.35. The van der Waals surface area contributed by atoms with Gasteiger partial charge in [-0.3, -0.25) is 14.3 Å².